The van der Waals surface area contributed by atoms with E-state index in [0.717, 1.165) is 17.8 Å². The Balaban J connectivity index is 2.00. The molecule has 2 heterocycles. The molecule has 0 aliphatic carbocycles. The predicted octanol–water partition coefficient (Wildman–Crippen LogP) is 2.26. The summed E-state index contributed by atoms with van der Waals surface area (Å²) < 4.78 is 1.59. The Morgan fingerprint density at radius 2 is 2.21 bits per heavy atom. The van der Waals surface area contributed by atoms with Gasteiger partial charge in [-0.25, -0.2) is 0 Å². The highest BCUT2D eigenvalue weighted by Crippen LogP contribution is 2.38. The van der Waals surface area contributed by atoms with Gasteiger partial charge < -0.3 is 10.4 Å². The van der Waals surface area contributed by atoms with Crippen molar-refractivity contribution in [1.82, 2.24) is 15.1 Å². The van der Waals surface area contributed by atoms with Crippen molar-refractivity contribution in [3.05, 3.63) is 51.8 Å². The van der Waals surface area contributed by atoms with E-state index in [0.29, 0.717) is 10.7 Å². The first kappa shape index (κ1) is 12.7. The Morgan fingerprint density at radius 1 is 1.47 bits per heavy atom. The molecule has 1 aliphatic rings. The topological polar surface area (TPSA) is 50.1 Å². The lowest BCUT2D eigenvalue weighted by Crippen LogP contribution is -2.20. The molecule has 0 spiro atoms. The molecule has 0 radical (unpaired) electrons. The van der Waals surface area contributed by atoms with E-state index >= 15 is 0 Å². The Morgan fingerprint density at radius 3 is 2.89 bits per heavy atom. The number of halogens is 1. The zero-order valence-corrected chi connectivity index (χ0v) is 11.6. The van der Waals surface area contributed by atoms with Crippen LogP contribution in [0.5, 0.6) is 0 Å². The molecule has 2 N–H and O–H groups in total. The molecule has 2 unspecified atom stereocenters. The number of hydrogen-bond donors (Lipinski definition) is 2. The van der Waals surface area contributed by atoms with E-state index in [1.165, 1.54) is 5.56 Å². The van der Waals surface area contributed by atoms with Crippen molar-refractivity contribution < 1.29 is 5.11 Å². The highest BCUT2D eigenvalue weighted by molar-refractivity contribution is 6.30. The van der Waals surface area contributed by atoms with Crippen molar-refractivity contribution in [1.29, 1.82) is 0 Å². The largest absolute Gasteiger partial charge is 0.386 e. The zero-order valence-electron chi connectivity index (χ0n) is 10.9. The van der Waals surface area contributed by atoms with Gasteiger partial charge in [-0.05, 0) is 18.1 Å². The van der Waals surface area contributed by atoms with Gasteiger partial charge in [-0.15, -0.1) is 0 Å². The van der Waals surface area contributed by atoms with Crippen LogP contribution in [0.2, 0.25) is 5.15 Å². The Hall–Kier alpha value is -1.36. The Labute approximate surface area is 117 Å². The molecule has 0 bridgehead atoms. The van der Waals surface area contributed by atoms with Crippen LogP contribution in [0, 0.1) is 6.92 Å². The van der Waals surface area contributed by atoms with Gasteiger partial charge in [-0.2, -0.15) is 5.10 Å². The third-order valence-electron chi connectivity index (χ3n) is 3.71. The third-order valence-corrected chi connectivity index (χ3v) is 4.16. The summed E-state index contributed by atoms with van der Waals surface area (Å²) in [5.41, 5.74) is 3.84. The van der Waals surface area contributed by atoms with Crippen LogP contribution in [0.1, 0.15) is 34.5 Å². The van der Waals surface area contributed by atoms with Crippen molar-refractivity contribution in [3.63, 3.8) is 0 Å². The molecule has 1 aliphatic heterocycles. The Bertz CT molecular complexity index is 623. The van der Waals surface area contributed by atoms with Crippen LogP contribution in [0.3, 0.4) is 0 Å². The first-order valence-corrected chi connectivity index (χ1v) is 6.65. The van der Waals surface area contributed by atoms with Crippen LogP contribution < -0.4 is 5.32 Å². The molecule has 100 valence electrons. The van der Waals surface area contributed by atoms with Crippen LogP contribution in [-0.2, 0) is 13.6 Å². The van der Waals surface area contributed by atoms with E-state index in [4.69, 9.17) is 11.6 Å². The molecule has 0 saturated carbocycles. The van der Waals surface area contributed by atoms with Crippen LogP contribution in [0.25, 0.3) is 0 Å². The van der Waals surface area contributed by atoms with E-state index in [1.807, 2.05) is 25.1 Å². The van der Waals surface area contributed by atoms with Crippen LogP contribution in [-0.4, -0.2) is 14.9 Å². The van der Waals surface area contributed by atoms with E-state index in [2.05, 4.69) is 16.5 Å². The van der Waals surface area contributed by atoms with E-state index in [1.54, 1.807) is 11.7 Å². The SMILES string of the molecule is Cc1nn(C)c(Cl)c1C(O)C1NCc2ccccc21. The molecule has 3 rings (SSSR count). The smallest absolute Gasteiger partial charge is 0.132 e. The van der Waals surface area contributed by atoms with Crippen molar-refractivity contribution in [2.75, 3.05) is 0 Å². The number of aliphatic hydroxyl groups excluding tert-OH is 1. The number of aromatic nitrogens is 2. The van der Waals surface area contributed by atoms with E-state index in [9.17, 15) is 5.11 Å². The van der Waals surface area contributed by atoms with Gasteiger partial charge in [0.25, 0.3) is 0 Å². The van der Waals surface area contributed by atoms with Gasteiger partial charge in [-0.1, -0.05) is 35.9 Å². The first-order chi connectivity index (χ1) is 9.09. The summed E-state index contributed by atoms with van der Waals surface area (Å²) in [7, 11) is 1.78. The molecule has 4 nitrogen and oxygen atoms in total. The number of benzene rings is 1. The number of nitrogens with one attached hydrogen (secondary N) is 1. The van der Waals surface area contributed by atoms with E-state index in [-0.39, 0.29) is 6.04 Å². The molecule has 2 aromatic rings. The summed E-state index contributed by atoms with van der Waals surface area (Å²) >= 11 is 6.23. The van der Waals surface area contributed by atoms with Crippen LogP contribution >= 0.6 is 11.6 Å². The average Bonchev–Trinajstić information content (AvgIpc) is 2.91. The van der Waals surface area contributed by atoms with Gasteiger partial charge >= 0.3 is 0 Å². The Kier molecular flexibility index (Phi) is 3.09. The zero-order chi connectivity index (χ0) is 13.6. The van der Waals surface area contributed by atoms with Crippen LogP contribution in [0.15, 0.2) is 24.3 Å². The first-order valence-electron chi connectivity index (χ1n) is 6.28. The molecular weight excluding hydrogens is 262 g/mol. The standard InChI is InChI=1S/C14H16ClN3O/c1-8-11(14(15)18(2)17-8)13(19)12-10-6-4-3-5-9(10)7-16-12/h3-6,12-13,16,19H,7H2,1-2H3. The monoisotopic (exact) mass is 277 g/mol. The van der Waals surface area contributed by atoms with Crippen LogP contribution in [0.4, 0.5) is 0 Å². The summed E-state index contributed by atoms with van der Waals surface area (Å²) in [5.74, 6) is 0. The molecule has 1 aromatic heterocycles. The molecule has 1 aromatic carbocycles. The fourth-order valence-electron chi connectivity index (χ4n) is 2.76. The quantitative estimate of drug-likeness (QED) is 0.885. The second-order valence-electron chi connectivity index (χ2n) is 4.92. The second-order valence-corrected chi connectivity index (χ2v) is 5.27. The van der Waals surface area contributed by atoms with Crippen molar-refractivity contribution >= 4 is 11.6 Å². The highest BCUT2D eigenvalue weighted by Gasteiger charge is 2.32. The fourth-order valence-corrected chi connectivity index (χ4v) is 3.05. The maximum atomic E-state index is 10.6. The molecule has 0 fully saturated rings. The van der Waals surface area contributed by atoms with Crippen molar-refractivity contribution in [2.24, 2.45) is 7.05 Å². The average molecular weight is 278 g/mol. The lowest BCUT2D eigenvalue weighted by atomic mass is 9.96. The van der Waals surface area contributed by atoms with Gasteiger partial charge in [0, 0.05) is 19.2 Å². The number of hydrogen-bond acceptors (Lipinski definition) is 3. The molecular formula is C14H16ClN3O. The summed E-state index contributed by atoms with van der Waals surface area (Å²) in [4.78, 5) is 0. The molecule has 2 atom stereocenters. The number of aryl methyl sites for hydroxylation is 2. The summed E-state index contributed by atoms with van der Waals surface area (Å²) in [6, 6.07) is 7.99. The normalized spacial score (nSPS) is 19.5. The third kappa shape index (κ3) is 1.96. The summed E-state index contributed by atoms with van der Waals surface area (Å²) in [5, 5.41) is 18.7. The molecule has 0 saturated heterocycles. The van der Waals surface area contributed by atoms with Gasteiger partial charge in [0.2, 0.25) is 0 Å². The van der Waals surface area contributed by atoms with Crippen molar-refractivity contribution in [3.8, 4) is 0 Å². The fraction of sp³-hybridized carbons (Fsp3) is 0.357. The van der Waals surface area contributed by atoms with Gasteiger partial charge in [-0.3, -0.25) is 4.68 Å². The van der Waals surface area contributed by atoms with Crippen molar-refractivity contribution in [2.45, 2.75) is 25.6 Å². The number of rotatable bonds is 2. The lowest BCUT2D eigenvalue weighted by Gasteiger charge is -2.19. The van der Waals surface area contributed by atoms with Gasteiger partial charge in [0.15, 0.2) is 0 Å². The second kappa shape index (κ2) is 4.63. The number of fused-ring (bicyclic) bond motifs is 1. The number of aliphatic hydroxyl groups is 1. The molecule has 0 amide bonds. The minimum atomic E-state index is -0.690. The molecule has 5 heteroatoms. The maximum Gasteiger partial charge on any atom is 0.132 e. The minimum absolute atomic E-state index is 0.128. The van der Waals surface area contributed by atoms with Gasteiger partial charge in [0.1, 0.15) is 11.3 Å². The molecule has 19 heavy (non-hydrogen) atoms. The van der Waals surface area contributed by atoms with E-state index < -0.39 is 6.10 Å². The summed E-state index contributed by atoms with van der Waals surface area (Å²) in [6.07, 6.45) is -0.690. The number of nitrogens with zero attached hydrogens (tertiary/aromatic N) is 2. The predicted molar refractivity (Wildman–Crippen MR) is 73.9 cm³/mol. The lowest BCUT2D eigenvalue weighted by molar-refractivity contribution is 0.133. The summed E-state index contributed by atoms with van der Waals surface area (Å²) in [6.45, 7) is 2.64. The highest BCUT2D eigenvalue weighted by atomic mass is 35.5. The minimum Gasteiger partial charge on any atom is -0.386 e. The van der Waals surface area contributed by atoms with Gasteiger partial charge in [0.05, 0.1) is 11.7 Å². The maximum absolute atomic E-state index is 10.6.